The van der Waals surface area contributed by atoms with Crippen molar-refractivity contribution in [1.29, 1.82) is 5.26 Å². The number of hydrogen-bond donors (Lipinski definition) is 0. The standard InChI is InChI=1S/C19H17BrN2O3/c1-2-3-10-25-19-9-6-17(20)12-15(19)11-16(13-21)14-4-7-18(8-5-14)22(23)24/h4-9,11-12H,2-3,10H2,1H3. The summed E-state index contributed by atoms with van der Waals surface area (Å²) in [5.41, 5.74) is 1.80. The molecule has 0 atom stereocenters. The first-order valence-electron chi connectivity index (χ1n) is 7.84. The molecule has 0 N–H and O–H groups in total. The van der Waals surface area contributed by atoms with E-state index in [1.54, 1.807) is 18.2 Å². The van der Waals surface area contributed by atoms with E-state index in [4.69, 9.17) is 4.74 Å². The second-order valence-electron chi connectivity index (χ2n) is 5.36. The first-order chi connectivity index (χ1) is 12.0. The molecule has 128 valence electrons. The van der Waals surface area contributed by atoms with Gasteiger partial charge >= 0.3 is 0 Å². The summed E-state index contributed by atoms with van der Waals surface area (Å²) in [6.07, 6.45) is 3.72. The molecule has 0 aromatic heterocycles. The van der Waals surface area contributed by atoms with Crippen LogP contribution in [0.5, 0.6) is 5.75 Å². The number of nitriles is 1. The molecule has 0 bridgehead atoms. The number of allylic oxidation sites excluding steroid dienone is 1. The number of nitrogens with zero attached hydrogens (tertiary/aromatic N) is 2. The predicted molar refractivity (Wildman–Crippen MR) is 101 cm³/mol. The van der Waals surface area contributed by atoms with E-state index in [2.05, 4.69) is 28.9 Å². The molecule has 6 heteroatoms. The molecule has 0 aliphatic heterocycles. The van der Waals surface area contributed by atoms with Gasteiger partial charge in [0.15, 0.2) is 0 Å². The molecule has 0 aliphatic rings. The van der Waals surface area contributed by atoms with Crippen LogP contribution in [0.2, 0.25) is 0 Å². The van der Waals surface area contributed by atoms with Gasteiger partial charge in [0.1, 0.15) is 5.75 Å². The second-order valence-corrected chi connectivity index (χ2v) is 6.27. The molecule has 2 aromatic carbocycles. The average molecular weight is 401 g/mol. The minimum absolute atomic E-state index is 0.00733. The van der Waals surface area contributed by atoms with Crippen molar-refractivity contribution in [3.8, 4) is 11.8 Å². The first-order valence-corrected chi connectivity index (χ1v) is 8.63. The molecule has 0 radical (unpaired) electrons. The van der Waals surface area contributed by atoms with E-state index in [0.717, 1.165) is 22.9 Å². The van der Waals surface area contributed by atoms with Crippen LogP contribution in [0.25, 0.3) is 11.6 Å². The van der Waals surface area contributed by atoms with Crippen LogP contribution in [0.15, 0.2) is 46.9 Å². The van der Waals surface area contributed by atoms with E-state index < -0.39 is 4.92 Å². The van der Waals surface area contributed by atoms with Gasteiger partial charge in [0.05, 0.1) is 23.2 Å². The molecular weight excluding hydrogens is 384 g/mol. The zero-order chi connectivity index (χ0) is 18.2. The minimum Gasteiger partial charge on any atom is -0.493 e. The number of rotatable bonds is 7. The number of nitro benzene ring substituents is 1. The van der Waals surface area contributed by atoms with Gasteiger partial charge in [-0.15, -0.1) is 0 Å². The maximum absolute atomic E-state index is 10.8. The summed E-state index contributed by atoms with van der Waals surface area (Å²) in [6.45, 7) is 2.70. The molecule has 0 saturated carbocycles. The lowest BCUT2D eigenvalue weighted by atomic mass is 10.0. The van der Waals surface area contributed by atoms with E-state index in [-0.39, 0.29) is 5.69 Å². The number of benzene rings is 2. The highest BCUT2D eigenvalue weighted by molar-refractivity contribution is 9.10. The van der Waals surface area contributed by atoms with Gasteiger partial charge in [-0.2, -0.15) is 5.26 Å². The fourth-order valence-corrected chi connectivity index (χ4v) is 2.57. The topological polar surface area (TPSA) is 76.2 Å². The van der Waals surface area contributed by atoms with Gasteiger partial charge in [0.25, 0.3) is 5.69 Å². The van der Waals surface area contributed by atoms with Crippen LogP contribution in [0.4, 0.5) is 5.69 Å². The summed E-state index contributed by atoms with van der Waals surface area (Å²) in [5, 5.41) is 20.2. The van der Waals surface area contributed by atoms with Gasteiger partial charge in [-0.05, 0) is 48.4 Å². The smallest absolute Gasteiger partial charge is 0.269 e. The fraction of sp³-hybridized carbons (Fsp3) is 0.211. The zero-order valence-corrected chi connectivity index (χ0v) is 15.3. The average Bonchev–Trinajstić information content (AvgIpc) is 2.61. The fourth-order valence-electron chi connectivity index (χ4n) is 2.19. The predicted octanol–water partition coefficient (Wildman–Crippen LogP) is 5.60. The molecular formula is C19H17BrN2O3. The van der Waals surface area contributed by atoms with Crippen molar-refractivity contribution in [1.82, 2.24) is 0 Å². The summed E-state index contributed by atoms with van der Waals surface area (Å²) < 4.78 is 6.68. The first kappa shape index (κ1) is 18.7. The summed E-state index contributed by atoms with van der Waals surface area (Å²) in [7, 11) is 0. The quantitative estimate of drug-likeness (QED) is 0.199. The molecule has 0 unspecified atom stereocenters. The maximum Gasteiger partial charge on any atom is 0.269 e. The zero-order valence-electron chi connectivity index (χ0n) is 13.7. The van der Waals surface area contributed by atoms with Crippen LogP contribution in [0.3, 0.4) is 0 Å². The van der Waals surface area contributed by atoms with Crippen LogP contribution in [-0.2, 0) is 0 Å². The highest BCUT2D eigenvalue weighted by atomic mass is 79.9. The van der Waals surface area contributed by atoms with Crippen molar-refractivity contribution in [2.75, 3.05) is 6.61 Å². The van der Waals surface area contributed by atoms with Gasteiger partial charge in [-0.25, -0.2) is 0 Å². The summed E-state index contributed by atoms with van der Waals surface area (Å²) in [5.74, 6) is 0.700. The summed E-state index contributed by atoms with van der Waals surface area (Å²) >= 11 is 3.43. The summed E-state index contributed by atoms with van der Waals surface area (Å²) in [6, 6.07) is 13.7. The van der Waals surface area contributed by atoms with E-state index >= 15 is 0 Å². The van der Waals surface area contributed by atoms with Gasteiger partial charge in [0.2, 0.25) is 0 Å². The van der Waals surface area contributed by atoms with Crippen LogP contribution in [-0.4, -0.2) is 11.5 Å². The van der Waals surface area contributed by atoms with Crippen LogP contribution < -0.4 is 4.74 Å². The SMILES string of the molecule is CCCCOc1ccc(Br)cc1C=C(C#N)c1ccc([N+](=O)[O-])cc1. The third-order valence-electron chi connectivity index (χ3n) is 3.54. The largest absolute Gasteiger partial charge is 0.493 e. The molecule has 0 aliphatic carbocycles. The molecule has 25 heavy (non-hydrogen) atoms. The maximum atomic E-state index is 10.8. The normalized spacial score (nSPS) is 11.0. The van der Waals surface area contributed by atoms with Gasteiger partial charge < -0.3 is 4.74 Å². The number of ether oxygens (including phenoxy) is 1. The minimum atomic E-state index is -0.465. The molecule has 2 aromatic rings. The monoisotopic (exact) mass is 400 g/mol. The van der Waals surface area contributed by atoms with Crippen molar-refractivity contribution < 1.29 is 9.66 Å². The highest BCUT2D eigenvalue weighted by Crippen LogP contribution is 2.28. The van der Waals surface area contributed by atoms with Gasteiger partial charge in [0, 0.05) is 22.2 Å². The van der Waals surface area contributed by atoms with Crippen molar-refractivity contribution in [2.24, 2.45) is 0 Å². The number of nitro groups is 1. The van der Waals surface area contributed by atoms with E-state index in [1.165, 1.54) is 12.1 Å². The number of hydrogen-bond acceptors (Lipinski definition) is 4. The van der Waals surface area contributed by atoms with E-state index in [1.807, 2.05) is 18.2 Å². The number of halogens is 1. The Morgan fingerprint density at radius 3 is 2.64 bits per heavy atom. The lowest BCUT2D eigenvalue weighted by molar-refractivity contribution is -0.384. The van der Waals surface area contributed by atoms with Crippen LogP contribution in [0, 0.1) is 21.4 Å². The van der Waals surface area contributed by atoms with Crippen molar-refractivity contribution in [2.45, 2.75) is 19.8 Å². The number of non-ortho nitro benzene ring substituents is 1. The Bertz CT molecular complexity index is 824. The Hall–Kier alpha value is -2.65. The Kier molecular flexibility index (Phi) is 6.72. The van der Waals surface area contributed by atoms with Gasteiger partial charge in [-0.1, -0.05) is 29.3 Å². The Morgan fingerprint density at radius 2 is 2.04 bits per heavy atom. The number of unbranched alkanes of at least 4 members (excludes halogenated alkanes) is 1. The summed E-state index contributed by atoms with van der Waals surface area (Å²) in [4.78, 5) is 10.3. The van der Waals surface area contributed by atoms with E-state index in [0.29, 0.717) is 23.5 Å². The van der Waals surface area contributed by atoms with Crippen LogP contribution >= 0.6 is 15.9 Å². The molecule has 0 saturated heterocycles. The Labute approximate surface area is 154 Å². The lowest BCUT2D eigenvalue weighted by Gasteiger charge is -2.10. The molecule has 0 amide bonds. The van der Waals surface area contributed by atoms with Crippen molar-refractivity contribution in [3.63, 3.8) is 0 Å². The second kappa shape index (κ2) is 9.00. The Morgan fingerprint density at radius 1 is 1.32 bits per heavy atom. The molecule has 2 rings (SSSR count). The van der Waals surface area contributed by atoms with Crippen LogP contribution in [0.1, 0.15) is 30.9 Å². The van der Waals surface area contributed by atoms with Crippen molar-refractivity contribution in [3.05, 3.63) is 68.2 Å². The molecule has 5 nitrogen and oxygen atoms in total. The Balaban J connectivity index is 2.36. The van der Waals surface area contributed by atoms with E-state index in [9.17, 15) is 15.4 Å². The highest BCUT2D eigenvalue weighted by Gasteiger charge is 2.09. The van der Waals surface area contributed by atoms with Crippen molar-refractivity contribution >= 4 is 33.3 Å². The molecule has 0 fully saturated rings. The lowest BCUT2D eigenvalue weighted by Crippen LogP contribution is -1.98. The third kappa shape index (κ3) is 5.16. The molecule has 0 heterocycles. The van der Waals surface area contributed by atoms with Gasteiger partial charge in [-0.3, -0.25) is 10.1 Å². The third-order valence-corrected chi connectivity index (χ3v) is 4.03. The molecule has 0 spiro atoms.